The predicted molar refractivity (Wildman–Crippen MR) is 83.6 cm³/mol. The number of hydrogen-bond donors (Lipinski definition) is 0. The highest BCUT2D eigenvalue weighted by Crippen LogP contribution is 2.35. The molecular formula is C17H12ClNO2. The van der Waals surface area contributed by atoms with Gasteiger partial charge in [-0.1, -0.05) is 29.8 Å². The van der Waals surface area contributed by atoms with Crippen LogP contribution >= 0.6 is 11.6 Å². The van der Waals surface area contributed by atoms with Crippen LogP contribution in [0.3, 0.4) is 0 Å². The number of nitrogens with zero attached hydrogens (tertiary/aromatic N) is 1. The maximum Gasteiger partial charge on any atom is 0.258 e. The molecule has 0 aliphatic carbocycles. The van der Waals surface area contributed by atoms with E-state index in [4.69, 9.17) is 11.6 Å². The van der Waals surface area contributed by atoms with Gasteiger partial charge >= 0.3 is 0 Å². The monoisotopic (exact) mass is 297 g/mol. The normalized spacial score (nSPS) is 15.4. The summed E-state index contributed by atoms with van der Waals surface area (Å²) in [6, 6.07) is 14.0. The minimum Gasteiger partial charge on any atom is -0.311 e. The highest BCUT2D eigenvalue weighted by atomic mass is 35.5. The molecule has 0 fully saturated rings. The number of rotatable bonds is 2. The molecule has 2 aromatic carbocycles. The zero-order valence-electron chi connectivity index (χ0n) is 11.3. The van der Waals surface area contributed by atoms with E-state index < -0.39 is 0 Å². The molecule has 1 amide bonds. The lowest BCUT2D eigenvalue weighted by atomic mass is 10.0. The van der Waals surface area contributed by atoms with Gasteiger partial charge in [0.2, 0.25) is 0 Å². The molecule has 104 valence electrons. The van der Waals surface area contributed by atoms with Crippen LogP contribution in [0.25, 0.3) is 5.57 Å². The third-order valence-corrected chi connectivity index (χ3v) is 3.75. The number of fused-ring (bicyclic) bond motifs is 1. The summed E-state index contributed by atoms with van der Waals surface area (Å²) in [6.07, 6.45) is 1.40. The molecule has 1 aliphatic rings. The number of allylic oxidation sites excluding steroid dienone is 1. The average molecular weight is 298 g/mol. The van der Waals surface area contributed by atoms with Crippen LogP contribution in [0.5, 0.6) is 0 Å². The van der Waals surface area contributed by atoms with Crippen molar-refractivity contribution in [1.29, 1.82) is 0 Å². The van der Waals surface area contributed by atoms with Crippen LogP contribution in [0.1, 0.15) is 15.9 Å². The summed E-state index contributed by atoms with van der Waals surface area (Å²) in [5, 5.41) is 0.571. The van der Waals surface area contributed by atoms with Gasteiger partial charge in [0.05, 0.1) is 11.3 Å². The summed E-state index contributed by atoms with van der Waals surface area (Å²) in [4.78, 5) is 26.1. The Morgan fingerprint density at radius 2 is 1.76 bits per heavy atom. The van der Waals surface area contributed by atoms with Crippen LogP contribution in [0, 0.1) is 0 Å². The first kappa shape index (κ1) is 13.6. The number of carbonyl (C=O) groups excluding carboxylic acids is 2. The van der Waals surface area contributed by atoms with E-state index in [1.54, 1.807) is 36.2 Å². The zero-order chi connectivity index (χ0) is 15.0. The van der Waals surface area contributed by atoms with E-state index in [9.17, 15) is 9.59 Å². The van der Waals surface area contributed by atoms with E-state index in [1.165, 1.54) is 6.08 Å². The Morgan fingerprint density at radius 3 is 2.48 bits per heavy atom. The van der Waals surface area contributed by atoms with Gasteiger partial charge in [0.15, 0.2) is 5.78 Å². The second-order valence-electron chi connectivity index (χ2n) is 4.81. The van der Waals surface area contributed by atoms with Gasteiger partial charge in [-0.3, -0.25) is 9.59 Å². The van der Waals surface area contributed by atoms with E-state index in [-0.39, 0.29) is 11.7 Å². The van der Waals surface area contributed by atoms with Gasteiger partial charge in [-0.15, -0.1) is 0 Å². The van der Waals surface area contributed by atoms with Crippen molar-refractivity contribution in [2.24, 2.45) is 0 Å². The van der Waals surface area contributed by atoms with Crippen molar-refractivity contribution in [3.05, 3.63) is 70.8 Å². The van der Waals surface area contributed by atoms with Gasteiger partial charge < -0.3 is 4.90 Å². The Kier molecular flexibility index (Phi) is 3.35. The summed E-state index contributed by atoms with van der Waals surface area (Å²) in [5.74, 6) is -0.376. The van der Waals surface area contributed by atoms with Gasteiger partial charge in [-0.2, -0.15) is 0 Å². The Hall–Kier alpha value is -2.39. The first-order chi connectivity index (χ1) is 10.1. The summed E-state index contributed by atoms with van der Waals surface area (Å²) < 4.78 is 0. The fourth-order valence-electron chi connectivity index (χ4n) is 2.37. The van der Waals surface area contributed by atoms with Crippen molar-refractivity contribution in [2.45, 2.75) is 0 Å². The maximum absolute atomic E-state index is 12.3. The van der Waals surface area contributed by atoms with Crippen molar-refractivity contribution in [1.82, 2.24) is 0 Å². The highest BCUT2D eigenvalue weighted by Gasteiger charge is 2.29. The molecule has 0 aromatic heterocycles. The van der Waals surface area contributed by atoms with Crippen molar-refractivity contribution in [3.63, 3.8) is 0 Å². The fraction of sp³-hybridized carbons (Fsp3) is 0.0588. The minimum absolute atomic E-state index is 0.168. The molecule has 0 radical (unpaired) electrons. The molecular weight excluding hydrogens is 286 g/mol. The molecule has 2 aromatic rings. The van der Waals surface area contributed by atoms with Crippen LogP contribution in [-0.4, -0.2) is 18.7 Å². The Bertz CT molecular complexity index is 763. The number of carbonyl (C=O) groups is 2. The van der Waals surface area contributed by atoms with Crippen LogP contribution in [0.4, 0.5) is 5.69 Å². The van der Waals surface area contributed by atoms with Crippen molar-refractivity contribution in [2.75, 3.05) is 11.9 Å². The third-order valence-electron chi connectivity index (χ3n) is 3.49. The smallest absolute Gasteiger partial charge is 0.258 e. The van der Waals surface area contributed by atoms with Crippen LogP contribution < -0.4 is 4.90 Å². The average Bonchev–Trinajstić information content (AvgIpc) is 2.73. The lowest BCUT2D eigenvalue weighted by Crippen LogP contribution is -2.20. The molecule has 4 heteroatoms. The number of amides is 1. The molecule has 3 rings (SSSR count). The van der Waals surface area contributed by atoms with Crippen LogP contribution in [0.2, 0.25) is 5.02 Å². The van der Waals surface area contributed by atoms with Gasteiger partial charge in [0.1, 0.15) is 0 Å². The van der Waals surface area contributed by atoms with E-state index in [0.29, 0.717) is 16.2 Å². The number of halogens is 1. The molecule has 0 unspecified atom stereocenters. The first-order valence-corrected chi connectivity index (χ1v) is 6.85. The van der Waals surface area contributed by atoms with Crippen LogP contribution in [-0.2, 0) is 4.79 Å². The summed E-state index contributed by atoms with van der Waals surface area (Å²) >= 11 is 5.81. The SMILES string of the molecule is CN1C(=O)/C(=C\C(=O)c2ccc(Cl)cc2)c2ccccc21. The lowest BCUT2D eigenvalue weighted by Gasteiger charge is -2.07. The van der Waals surface area contributed by atoms with Crippen molar-refractivity contribution < 1.29 is 9.59 Å². The fourth-order valence-corrected chi connectivity index (χ4v) is 2.49. The first-order valence-electron chi connectivity index (χ1n) is 6.47. The number of para-hydroxylation sites is 1. The second kappa shape index (κ2) is 5.19. The summed E-state index contributed by atoms with van der Waals surface area (Å²) in [7, 11) is 1.70. The standard InChI is InChI=1S/C17H12ClNO2/c1-19-15-5-3-2-4-13(15)14(17(19)21)10-16(20)11-6-8-12(18)9-7-11/h2-10H,1H3/b14-10-. The maximum atomic E-state index is 12.3. The van der Waals surface area contributed by atoms with Gasteiger partial charge in [-0.25, -0.2) is 0 Å². The van der Waals surface area contributed by atoms with E-state index in [1.807, 2.05) is 24.3 Å². The minimum atomic E-state index is -0.208. The second-order valence-corrected chi connectivity index (χ2v) is 5.25. The number of ketones is 1. The predicted octanol–water partition coefficient (Wildman–Crippen LogP) is 3.58. The molecule has 0 N–H and O–H groups in total. The Morgan fingerprint density at radius 1 is 1.10 bits per heavy atom. The quantitative estimate of drug-likeness (QED) is 0.627. The van der Waals surface area contributed by atoms with Crippen LogP contribution in [0.15, 0.2) is 54.6 Å². The topological polar surface area (TPSA) is 37.4 Å². The molecule has 0 bridgehead atoms. The third kappa shape index (κ3) is 2.36. The molecule has 0 saturated carbocycles. The molecule has 0 atom stereocenters. The molecule has 1 aliphatic heterocycles. The number of anilines is 1. The molecule has 21 heavy (non-hydrogen) atoms. The van der Waals surface area contributed by atoms with Gasteiger partial charge in [0, 0.05) is 23.2 Å². The summed E-state index contributed by atoms with van der Waals surface area (Å²) in [5.41, 5.74) is 2.53. The lowest BCUT2D eigenvalue weighted by molar-refractivity contribution is -0.112. The zero-order valence-corrected chi connectivity index (χ0v) is 12.1. The number of benzene rings is 2. The highest BCUT2D eigenvalue weighted by molar-refractivity contribution is 6.35. The van der Waals surface area contributed by atoms with Crippen molar-refractivity contribution >= 4 is 34.6 Å². The summed E-state index contributed by atoms with van der Waals surface area (Å²) in [6.45, 7) is 0. The molecule has 0 saturated heterocycles. The number of hydrogen-bond acceptors (Lipinski definition) is 2. The number of likely N-dealkylation sites (N-methyl/N-ethyl adjacent to an activating group) is 1. The molecule has 0 spiro atoms. The van der Waals surface area contributed by atoms with Gasteiger partial charge in [-0.05, 0) is 36.4 Å². The Labute approximate surface area is 127 Å². The van der Waals surface area contributed by atoms with Crippen molar-refractivity contribution in [3.8, 4) is 0 Å². The molecule has 1 heterocycles. The van der Waals surface area contributed by atoms with E-state index in [0.717, 1.165) is 11.3 Å². The van der Waals surface area contributed by atoms with Gasteiger partial charge in [0.25, 0.3) is 5.91 Å². The van der Waals surface area contributed by atoms with E-state index in [2.05, 4.69) is 0 Å². The molecule has 3 nitrogen and oxygen atoms in total. The Balaban J connectivity index is 2.02. The largest absolute Gasteiger partial charge is 0.311 e. The van der Waals surface area contributed by atoms with E-state index >= 15 is 0 Å².